The molecule has 0 saturated carbocycles. The molecule has 0 bridgehead atoms. The van der Waals surface area contributed by atoms with Crippen molar-refractivity contribution in [2.24, 2.45) is 0 Å². The van der Waals surface area contributed by atoms with Gasteiger partial charge in [-0.1, -0.05) is 30.3 Å². The van der Waals surface area contributed by atoms with Gasteiger partial charge in [-0.15, -0.1) is 0 Å². The number of hydrogen-bond acceptors (Lipinski definition) is 4. The fourth-order valence-electron chi connectivity index (χ4n) is 3.43. The van der Waals surface area contributed by atoms with Crippen LogP contribution in [-0.2, 0) is 16.6 Å². The van der Waals surface area contributed by atoms with Gasteiger partial charge in [-0.3, -0.25) is 0 Å². The average molecular weight is 404 g/mol. The van der Waals surface area contributed by atoms with Crippen LogP contribution in [0, 0.1) is 6.92 Å². The number of ether oxygens (including phenoxy) is 1. The highest BCUT2D eigenvalue weighted by Crippen LogP contribution is 2.30. The molecule has 0 atom stereocenters. The third-order valence-electron chi connectivity index (χ3n) is 4.98. The van der Waals surface area contributed by atoms with Gasteiger partial charge in [0.1, 0.15) is 6.54 Å². The second-order valence-corrected chi connectivity index (χ2v) is 8.88. The van der Waals surface area contributed by atoms with Crippen LogP contribution < -0.4 is 9.64 Å². The van der Waals surface area contributed by atoms with Gasteiger partial charge in [0.15, 0.2) is 11.5 Å². The number of rotatable bonds is 6. The lowest BCUT2D eigenvalue weighted by Gasteiger charge is -2.31. The number of sulfonamides is 1. The number of nitrogens with one attached hydrogen (secondary N) is 1. The van der Waals surface area contributed by atoms with E-state index in [0.717, 1.165) is 16.7 Å². The molecule has 2 aromatic carbocycles. The summed E-state index contributed by atoms with van der Waals surface area (Å²) in [6, 6.07) is 13.2. The number of aromatic hydroxyl groups is 1. The molecule has 6 nitrogen and oxygen atoms in total. The smallest absolute Gasteiger partial charge is 0.236 e. The number of benzene rings is 2. The molecule has 1 saturated heterocycles. The summed E-state index contributed by atoms with van der Waals surface area (Å²) in [6.07, 6.45) is 1.63. The molecule has 0 aromatic heterocycles. The number of methoxy groups -OCH3 is 1. The molecule has 0 amide bonds. The minimum atomic E-state index is -3.43. The minimum absolute atomic E-state index is 0.168. The number of nitrogens with zero attached hydrogens (tertiary/aromatic N) is 1. The van der Waals surface area contributed by atoms with Crippen molar-refractivity contribution in [1.82, 2.24) is 4.31 Å². The molecule has 0 aliphatic carbocycles. The Morgan fingerprint density at radius 3 is 2.50 bits per heavy atom. The first-order valence-electron chi connectivity index (χ1n) is 9.32. The molecule has 0 unspecified atom stereocenters. The van der Waals surface area contributed by atoms with Crippen LogP contribution in [0.4, 0.5) is 0 Å². The third-order valence-corrected chi connectivity index (χ3v) is 6.54. The maximum atomic E-state index is 12.6. The van der Waals surface area contributed by atoms with E-state index in [-0.39, 0.29) is 5.75 Å². The molecule has 0 radical (unpaired) electrons. The largest absolute Gasteiger partial charge is 0.504 e. The van der Waals surface area contributed by atoms with Gasteiger partial charge in [-0.2, -0.15) is 4.31 Å². The van der Waals surface area contributed by atoms with E-state index in [1.54, 1.807) is 12.1 Å². The molecular weight excluding hydrogens is 376 g/mol. The van der Waals surface area contributed by atoms with Crippen LogP contribution in [0.25, 0.3) is 6.08 Å². The van der Waals surface area contributed by atoms with Gasteiger partial charge in [-0.05, 0) is 36.3 Å². The highest BCUT2D eigenvalue weighted by atomic mass is 32.2. The van der Waals surface area contributed by atoms with Gasteiger partial charge < -0.3 is 14.7 Å². The molecule has 1 fully saturated rings. The van der Waals surface area contributed by atoms with Crippen molar-refractivity contribution >= 4 is 16.1 Å². The number of phenols is 1. The number of piperazine rings is 1. The molecule has 1 aliphatic heterocycles. The summed E-state index contributed by atoms with van der Waals surface area (Å²) in [4.78, 5) is 1.24. The minimum Gasteiger partial charge on any atom is -0.504 e. The summed E-state index contributed by atoms with van der Waals surface area (Å²) in [5, 5.41) is 11.6. The molecule has 0 spiro atoms. The Morgan fingerprint density at radius 1 is 1.18 bits per heavy atom. The van der Waals surface area contributed by atoms with Crippen LogP contribution in [0.2, 0.25) is 0 Å². The number of phenolic OH excluding ortho intramolecular Hbond substituents is 1. The van der Waals surface area contributed by atoms with Gasteiger partial charge in [0, 0.05) is 5.41 Å². The fourth-order valence-corrected chi connectivity index (χ4v) is 4.62. The van der Waals surface area contributed by atoms with Crippen LogP contribution >= 0.6 is 0 Å². The molecule has 150 valence electrons. The summed E-state index contributed by atoms with van der Waals surface area (Å²) in [7, 11) is -1.89. The second-order valence-electron chi connectivity index (χ2n) is 7.06. The zero-order valence-corrected chi connectivity index (χ0v) is 17.1. The SMILES string of the molecule is COc1cc(C)cc(C[NH+]2CCN(S(=O)(=O)/C=C/c3ccccc3)CC2)c1O. The zero-order chi connectivity index (χ0) is 20.1. The van der Waals surface area contributed by atoms with Crippen LogP contribution in [0.15, 0.2) is 47.9 Å². The quantitative estimate of drug-likeness (QED) is 0.765. The summed E-state index contributed by atoms with van der Waals surface area (Å²) in [6.45, 7) is 4.89. The third kappa shape index (κ3) is 4.92. The van der Waals surface area contributed by atoms with Gasteiger partial charge in [0.05, 0.1) is 38.9 Å². The number of quaternary nitrogens is 1. The van der Waals surface area contributed by atoms with E-state index in [0.29, 0.717) is 38.5 Å². The highest BCUT2D eigenvalue weighted by Gasteiger charge is 2.28. The molecule has 2 N–H and O–H groups in total. The standard InChI is InChI=1S/C21H26N2O4S/c1-17-14-19(21(24)20(15-17)27-2)16-22-9-11-23(12-10-22)28(25,26)13-8-18-6-4-3-5-7-18/h3-8,13-15,24H,9-12,16H2,1-2H3/p+1/b13-8+. The zero-order valence-electron chi connectivity index (χ0n) is 16.3. The normalized spacial score (nSPS) is 16.5. The first-order valence-corrected chi connectivity index (χ1v) is 10.8. The number of aryl methyl sites for hydroxylation is 1. The lowest BCUT2D eigenvalue weighted by atomic mass is 10.1. The Bertz CT molecular complexity index is 934. The van der Waals surface area contributed by atoms with Crippen LogP contribution in [0.1, 0.15) is 16.7 Å². The first kappa shape index (κ1) is 20.4. The summed E-state index contributed by atoms with van der Waals surface area (Å²) in [5.41, 5.74) is 2.71. The van der Waals surface area contributed by atoms with Crippen LogP contribution in [0.5, 0.6) is 11.5 Å². The van der Waals surface area contributed by atoms with Crippen molar-refractivity contribution in [1.29, 1.82) is 0 Å². The van der Waals surface area contributed by atoms with Gasteiger partial charge in [0.25, 0.3) is 0 Å². The lowest BCUT2D eigenvalue weighted by Crippen LogP contribution is -3.13. The fraction of sp³-hybridized carbons (Fsp3) is 0.333. The van der Waals surface area contributed by atoms with Crippen molar-refractivity contribution in [3.63, 3.8) is 0 Å². The van der Waals surface area contributed by atoms with Crippen molar-refractivity contribution in [2.75, 3.05) is 33.3 Å². The number of hydrogen-bond donors (Lipinski definition) is 2. The van der Waals surface area contributed by atoms with E-state index >= 15 is 0 Å². The molecule has 1 heterocycles. The molecule has 1 aliphatic rings. The Labute approximate surface area is 166 Å². The summed E-state index contributed by atoms with van der Waals surface area (Å²) in [5.74, 6) is 0.642. The Balaban J connectivity index is 1.62. The summed E-state index contributed by atoms with van der Waals surface area (Å²) >= 11 is 0. The van der Waals surface area contributed by atoms with Crippen molar-refractivity contribution in [3.8, 4) is 11.5 Å². The Kier molecular flexibility index (Phi) is 6.39. The monoisotopic (exact) mass is 403 g/mol. The van der Waals surface area contributed by atoms with E-state index in [4.69, 9.17) is 4.74 Å². The van der Waals surface area contributed by atoms with Crippen molar-refractivity contribution < 1.29 is 23.2 Å². The average Bonchev–Trinajstić information content (AvgIpc) is 2.70. The van der Waals surface area contributed by atoms with E-state index in [9.17, 15) is 13.5 Å². The summed E-state index contributed by atoms with van der Waals surface area (Å²) < 4.78 is 31.9. The Hall–Kier alpha value is -2.35. The van der Waals surface area contributed by atoms with Gasteiger partial charge in [0.2, 0.25) is 10.0 Å². The molecule has 2 aromatic rings. The van der Waals surface area contributed by atoms with Crippen LogP contribution in [-0.4, -0.2) is 51.1 Å². The topological polar surface area (TPSA) is 71.3 Å². The molecular formula is C21H27N2O4S+. The van der Waals surface area contributed by atoms with Gasteiger partial charge >= 0.3 is 0 Å². The molecule has 3 rings (SSSR count). The van der Waals surface area contributed by atoms with E-state index in [2.05, 4.69) is 0 Å². The van der Waals surface area contributed by atoms with E-state index in [1.807, 2.05) is 43.3 Å². The highest BCUT2D eigenvalue weighted by molar-refractivity contribution is 7.92. The Morgan fingerprint density at radius 2 is 1.86 bits per heavy atom. The van der Waals surface area contributed by atoms with E-state index in [1.165, 1.54) is 21.7 Å². The first-order chi connectivity index (χ1) is 13.4. The molecule has 28 heavy (non-hydrogen) atoms. The van der Waals surface area contributed by atoms with Gasteiger partial charge in [-0.25, -0.2) is 8.42 Å². The van der Waals surface area contributed by atoms with Crippen molar-refractivity contribution in [2.45, 2.75) is 13.5 Å². The second kappa shape index (κ2) is 8.77. The predicted octanol–water partition coefficient (Wildman–Crippen LogP) is 1.41. The van der Waals surface area contributed by atoms with Crippen molar-refractivity contribution in [3.05, 3.63) is 64.6 Å². The maximum Gasteiger partial charge on any atom is 0.236 e. The predicted molar refractivity (Wildman–Crippen MR) is 110 cm³/mol. The maximum absolute atomic E-state index is 12.6. The van der Waals surface area contributed by atoms with Crippen LogP contribution in [0.3, 0.4) is 0 Å². The lowest BCUT2D eigenvalue weighted by molar-refractivity contribution is -0.917. The molecule has 7 heteroatoms. The van der Waals surface area contributed by atoms with E-state index < -0.39 is 10.0 Å².